The minimum Gasteiger partial charge on any atom is -0.494 e. The zero-order chi connectivity index (χ0) is 19.2. The van der Waals surface area contributed by atoms with E-state index in [4.69, 9.17) is 9.47 Å². The van der Waals surface area contributed by atoms with Gasteiger partial charge in [-0.05, 0) is 55.5 Å². The number of benzene rings is 2. The zero-order valence-electron chi connectivity index (χ0n) is 14.6. The molecule has 3 rings (SSSR count). The lowest BCUT2D eigenvalue weighted by molar-refractivity contribution is -0.122. The number of carbonyl (C=O) groups is 3. The van der Waals surface area contributed by atoms with Crippen molar-refractivity contribution < 1.29 is 23.9 Å². The van der Waals surface area contributed by atoms with Crippen LogP contribution in [0.5, 0.6) is 17.2 Å². The smallest absolute Gasteiger partial charge is 0.286 e. The van der Waals surface area contributed by atoms with Gasteiger partial charge in [0.2, 0.25) is 11.8 Å². The van der Waals surface area contributed by atoms with Gasteiger partial charge < -0.3 is 14.8 Å². The maximum Gasteiger partial charge on any atom is 0.286 e. The van der Waals surface area contributed by atoms with Crippen LogP contribution in [0, 0.1) is 0 Å². The van der Waals surface area contributed by atoms with Crippen molar-refractivity contribution in [2.75, 3.05) is 11.9 Å². The second-order valence-electron chi connectivity index (χ2n) is 5.67. The van der Waals surface area contributed by atoms with Crippen LogP contribution in [0.4, 0.5) is 10.5 Å². The van der Waals surface area contributed by atoms with Gasteiger partial charge >= 0.3 is 0 Å². The van der Waals surface area contributed by atoms with Gasteiger partial charge in [-0.3, -0.25) is 19.7 Å². The summed E-state index contributed by atoms with van der Waals surface area (Å²) in [6.07, 6.45) is -0.0628. The molecule has 140 valence electrons. The molecule has 1 saturated heterocycles. The number of ether oxygens (including phenoxy) is 2. The molecular weight excluding hydrogens is 368 g/mol. The number of amides is 3. The summed E-state index contributed by atoms with van der Waals surface area (Å²) in [5.41, 5.74) is 0.578. The van der Waals surface area contributed by atoms with Gasteiger partial charge in [-0.1, -0.05) is 11.8 Å². The maximum absolute atomic E-state index is 12.0. The van der Waals surface area contributed by atoms with E-state index in [1.807, 2.05) is 31.2 Å². The van der Waals surface area contributed by atoms with Gasteiger partial charge in [-0.2, -0.15) is 0 Å². The Hall–Kier alpha value is -3.00. The van der Waals surface area contributed by atoms with E-state index >= 15 is 0 Å². The summed E-state index contributed by atoms with van der Waals surface area (Å²) in [7, 11) is 0. The number of thioether (sulfide) groups is 1. The fourth-order valence-electron chi connectivity index (χ4n) is 2.42. The van der Waals surface area contributed by atoms with Gasteiger partial charge in [-0.15, -0.1) is 0 Å². The van der Waals surface area contributed by atoms with Crippen molar-refractivity contribution in [2.45, 2.75) is 18.6 Å². The van der Waals surface area contributed by atoms with E-state index in [0.29, 0.717) is 23.8 Å². The Kier molecular flexibility index (Phi) is 5.97. The summed E-state index contributed by atoms with van der Waals surface area (Å²) in [6, 6.07) is 14.1. The molecule has 1 fully saturated rings. The first-order valence-electron chi connectivity index (χ1n) is 8.35. The minimum atomic E-state index is -0.681. The van der Waals surface area contributed by atoms with Gasteiger partial charge in [0.25, 0.3) is 5.24 Å². The molecule has 0 aromatic heterocycles. The van der Waals surface area contributed by atoms with E-state index in [1.165, 1.54) is 0 Å². The molecule has 0 unspecified atom stereocenters. The molecule has 27 heavy (non-hydrogen) atoms. The largest absolute Gasteiger partial charge is 0.494 e. The Balaban J connectivity index is 1.53. The molecule has 1 heterocycles. The molecule has 2 aromatic carbocycles. The lowest BCUT2D eigenvalue weighted by atomic mass is 10.2. The van der Waals surface area contributed by atoms with Crippen LogP contribution < -0.4 is 20.1 Å². The number of hydrogen-bond acceptors (Lipinski definition) is 6. The maximum atomic E-state index is 12.0. The second-order valence-corrected chi connectivity index (χ2v) is 6.84. The number of rotatable bonds is 7. The molecule has 1 atom stereocenters. The molecule has 8 heteroatoms. The highest BCUT2D eigenvalue weighted by Crippen LogP contribution is 2.26. The van der Waals surface area contributed by atoms with Crippen molar-refractivity contribution >= 4 is 34.5 Å². The standard InChI is InChI=1S/C19H18N2O5S/c1-2-25-13-7-9-15(10-8-13)26-14-5-3-12(4-6-14)20-17(22)11-16-18(23)21-19(24)27-16/h3-10,16H,2,11H2,1H3,(H,20,22)(H,21,23,24)/t16-/m0/s1. The molecule has 1 aliphatic heterocycles. The molecule has 2 aromatic rings. The summed E-state index contributed by atoms with van der Waals surface area (Å²) in [5.74, 6) is 1.30. The average Bonchev–Trinajstić information content (AvgIpc) is 2.95. The van der Waals surface area contributed by atoms with E-state index in [2.05, 4.69) is 10.6 Å². The molecule has 7 nitrogen and oxygen atoms in total. The van der Waals surface area contributed by atoms with Crippen LogP contribution in [0.15, 0.2) is 48.5 Å². The van der Waals surface area contributed by atoms with Gasteiger partial charge in [0, 0.05) is 12.1 Å². The Labute approximate surface area is 160 Å². The molecule has 0 radical (unpaired) electrons. The van der Waals surface area contributed by atoms with Crippen LogP contribution in [0.1, 0.15) is 13.3 Å². The van der Waals surface area contributed by atoms with E-state index in [0.717, 1.165) is 17.5 Å². The van der Waals surface area contributed by atoms with Crippen molar-refractivity contribution in [2.24, 2.45) is 0 Å². The predicted molar refractivity (Wildman–Crippen MR) is 102 cm³/mol. The molecule has 3 amide bonds. The minimum absolute atomic E-state index is 0.0628. The van der Waals surface area contributed by atoms with Crippen molar-refractivity contribution in [1.82, 2.24) is 5.32 Å². The fourth-order valence-corrected chi connectivity index (χ4v) is 3.24. The Bertz CT molecular complexity index is 836. The van der Waals surface area contributed by atoms with Crippen molar-refractivity contribution in [1.29, 1.82) is 0 Å². The number of anilines is 1. The second kappa shape index (κ2) is 8.59. The summed E-state index contributed by atoms with van der Waals surface area (Å²) < 4.78 is 11.1. The van der Waals surface area contributed by atoms with Crippen LogP contribution in [0.2, 0.25) is 0 Å². The first kappa shape index (κ1) is 18.8. The summed E-state index contributed by atoms with van der Waals surface area (Å²) in [6.45, 7) is 2.53. The number of carbonyl (C=O) groups excluding carboxylic acids is 3. The van der Waals surface area contributed by atoms with Gasteiger partial charge in [-0.25, -0.2) is 0 Å². The third kappa shape index (κ3) is 5.24. The lowest BCUT2D eigenvalue weighted by Gasteiger charge is -2.10. The first-order valence-corrected chi connectivity index (χ1v) is 9.23. The van der Waals surface area contributed by atoms with E-state index in [9.17, 15) is 14.4 Å². The predicted octanol–water partition coefficient (Wildman–Crippen LogP) is 3.56. The molecule has 0 aliphatic carbocycles. The molecular formula is C19H18N2O5S. The fraction of sp³-hybridized carbons (Fsp3) is 0.211. The van der Waals surface area contributed by atoms with Crippen LogP contribution in [0.25, 0.3) is 0 Å². The van der Waals surface area contributed by atoms with E-state index < -0.39 is 16.4 Å². The normalized spacial score (nSPS) is 16.0. The molecule has 1 aliphatic rings. The highest BCUT2D eigenvalue weighted by atomic mass is 32.2. The molecule has 0 spiro atoms. The number of hydrogen-bond donors (Lipinski definition) is 2. The Morgan fingerprint density at radius 3 is 2.19 bits per heavy atom. The van der Waals surface area contributed by atoms with Gasteiger partial charge in [0.15, 0.2) is 0 Å². The van der Waals surface area contributed by atoms with Gasteiger partial charge in [0.1, 0.15) is 22.5 Å². The summed E-state index contributed by atoms with van der Waals surface area (Å²) in [4.78, 5) is 34.6. The quantitative estimate of drug-likeness (QED) is 0.756. The van der Waals surface area contributed by atoms with Crippen molar-refractivity contribution in [3.05, 3.63) is 48.5 Å². The average molecular weight is 386 g/mol. The van der Waals surface area contributed by atoms with Crippen LogP contribution in [-0.4, -0.2) is 28.9 Å². The zero-order valence-corrected chi connectivity index (χ0v) is 15.4. The first-order chi connectivity index (χ1) is 13.0. The lowest BCUT2D eigenvalue weighted by Crippen LogP contribution is -2.27. The summed E-state index contributed by atoms with van der Waals surface area (Å²) >= 11 is 0.831. The van der Waals surface area contributed by atoms with Crippen LogP contribution in [0.3, 0.4) is 0 Å². The van der Waals surface area contributed by atoms with E-state index in [-0.39, 0.29) is 12.3 Å². The van der Waals surface area contributed by atoms with Gasteiger partial charge in [0.05, 0.1) is 6.61 Å². The highest BCUT2D eigenvalue weighted by Gasteiger charge is 2.33. The third-order valence-corrected chi connectivity index (χ3v) is 4.63. The molecule has 2 N–H and O–H groups in total. The van der Waals surface area contributed by atoms with Crippen LogP contribution >= 0.6 is 11.8 Å². The molecule has 0 bridgehead atoms. The summed E-state index contributed by atoms with van der Waals surface area (Å²) in [5, 5.41) is 3.76. The van der Waals surface area contributed by atoms with E-state index in [1.54, 1.807) is 24.3 Å². The molecule has 0 saturated carbocycles. The SMILES string of the molecule is CCOc1ccc(Oc2ccc(NC(=O)C[C@@H]3SC(=O)NC3=O)cc2)cc1. The van der Waals surface area contributed by atoms with Crippen molar-refractivity contribution in [3.63, 3.8) is 0 Å². The number of imide groups is 1. The topological polar surface area (TPSA) is 93.7 Å². The van der Waals surface area contributed by atoms with Crippen molar-refractivity contribution in [3.8, 4) is 17.2 Å². The third-order valence-electron chi connectivity index (χ3n) is 3.65. The highest BCUT2D eigenvalue weighted by molar-refractivity contribution is 8.15. The number of nitrogens with one attached hydrogen (secondary N) is 2. The Morgan fingerprint density at radius 2 is 1.63 bits per heavy atom. The monoisotopic (exact) mass is 386 g/mol. The van der Waals surface area contributed by atoms with Crippen LogP contribution in [-0.2, 0) is 9.59 Å². The Morgan fingerprint density at radius 1 is 1.04 bits per heavy atom.